The summed E-state index contributed by atoms with van der Waals surface area (Å²) in [6.07, 6.45) is 0.352. The number of hydrogen-bond acceptors (Lipinski definition) is 4. The second-order valence-corrected chi connectivity index (χ2v) is 4.22. The maximum absolute atomic E-state index is 11.9. The van der Waals surface area contributed by atoms with E-state index in [9.17, 15) is 18.0 Å². The van der Waals surface area contributed by atoms with Crippen molar-refractivity contribution < 1.29 is 23.1 Å². The van der Waals surface area contributed by atoms with E-state index in [-0.39, 0.29) is 29.8 Å². The molecule has 0 saturated heterocycles. The standard InChI is InChI=1S/C8H10F3N3O2S/c1-2-5-6(7(15)16)12-13-14(5)3-4-17-8(9,10)11/h2-4H2,1H3,(H,15,16). The molecule has 0 radical (unpaired) electrons. The highest BCUT2D eigenvalue weighted by Gasteiger charge is 2.28. The lowest BCUT2D eigenvalue weighted by Crippen LogP contribution is -2.11. The number of aryl methyl sites for hydroxylation is 1. The minimum absolute atomic E-state index is 0.0202. The van der Waals surface area contributed by atoms with Crippen molar-refractivity contribution in [2.75, 3.05) is 5.75 Å². The van der Waals surface area contributed by atoms with E-state index < -0.39 is 11.5 Å². The van der Waals surface area contributed by atoms with Gasteiger partial charge < -0.3 is 5.11 Å². The summed E-state index contributed by atoms with van der Waals surface area (Å²) < 4.78 is 36.9. The van der Waals surface area contributed by atoms with Gasteiger partial charge >= 0.3 is 11.5 Å². The topological polar surface area (TPSA) is 68.0 Å². The number of hydrogen-bond donors (Lipinski definition) is 1. The lowest BCUT2D eigenvalue weighted by molar-refractivity contribution is -0.0328. The first-order valence-corrected chi connectivity index (χ1v) is 5.70. The van der Waals surface area contributed by atoms with Crippen LogP contribution in [0.25, 0.3) is 0 Å². The van der Waals surface area contributed by atoms with E-state index in [0.717, 1.165) is 0 Å². The zero-order valence-corrected chi connectivity index (χ0v) is 9.68. The lowest BCUT2D eigenvalue weighted by Gasteiger charge is -2.07. The number of aromatic nitrogens is 3. The van der Waals surface area contributed by atoms with Crippen molar-refractivity contribution in [2.45, 2.75) is 25.4 Å². The highest BCUT2D eigenvalue weighted by molar-refractivity contribution is 8.00. The van der Waals surface area contributed by atoms with Gasteiger partial charge in [-0.25, -0.2) is 9.48 Å². The summed E-state index contributed by atoms with van der Waals surface area (Å²) >= 11 is -0.171. The van der Waals surface area contributed by atoms with Gasteiger partial charge in [0, 0.05) is 5.75 Å². The van der Waals surface area contributed by atoms with Gasteiger partial charge in [-0.1, -0.05) is 12.1 Å². The van der Waals surface area contributed by atoms with Gasteiger partial charge in [0.2, 0.25) is 0 Å². The van der Waals surface area contributed by atoms with Crippen LogP contribution in [0.1, 0.15) is 23.1 Å². The molecule has 9 heteroatoms. The minimum atomic E-state index is -4.29. The van der Waals surface area contributed by atoms with Crippen molar-refractivity contribution >= 4 is 17.7 Å². The summed E-state index contributed by atoms with van der Waals surface area (Å²) in [7, 11) is 0. The van der Waals surface area contributed by atoms with Crippen LogP contribution in [0.4, 0.5) is 13.2 Å². The fourth-order valence-electron chi connectivity index (χ4n) is 1.28. The molecule has 1 heterocycles. The van der Waals surface area contributed by atoms with Crippen LogP contribution in [-0.4, -0.2) is 37.3 Å². The Bertz CT molecular complexity index is 405. The molecule has 0 amide bonds. The normalized spacial score (nSPS) is 11.8. The van der Waals surface area contributed by atoms with Gasteiger partial charge in [-0.3, -0.25) is 0 Å². The minimum Gasteiger partial charge on any atom is -0.476 e. The van der Waals surface area contributed by atoms with Crippen LogP contribution < -0.4 is 0 Å². The molecule has 1 aromatic rings. The van der Waals surface area contributed by atoms with Crippen LogP contribution in [0.5, 0.6) is 0 Å². The average molecular weight is 269 g/mol. The predicted octanol–water partition coefficient (Wildman–Crippen LogP) is 1.79. The van der Waals surface area contributed by atoms with E-state index in [1.165, 1.54) is 4.68 Å². The van der Waals surface area contributed by atoms with Crippen molar-refractivity contribution in [2.24, 2.45) is 0 Å². The van der Waals surface area contributed by atoms with Crippen molar-refractivity contribution in [3.63, 3.8) is 0 Å². The number of rotatable bonds is 5. The van der Waals surface area contributed by atoms with Gasteiger partial charge in [-0.2, -0.15) is 13.2 Å². The van der Waals surface area contributed by atoms with E-state index in [2.05, 4.69) is 10.3 Å². The molecular weight excluding hydrogens is 259 g/mol. The first kappa shape index (κ1) is 13.8. The number of halogens is 3. The Morgan fingerprint density at radius 1 is 1.53 bits per heavy atom. The Hall–Kier alpha value is -1.25. The highest BCUT2D eigenvalue weighted by atomic mass is 32.2. The van der Waals surface area contributed by atoms with Crippen LogP contribution in [-0.2, 0) is 13.0 Å². The third kappa shape index (κ3) is 3.91. The van der Waals surface area contributed by atoms with Crippen molar-refractivity contribution in [1.29, 1.82) is 0 Å². The monoisotopic (exact) mass is 269 g/mol. The molecule has 0 aliphatic rings. The van der Waals surface area contributed by atoms with Gasteiger partial charge in [-0.15, -0.1) is 5.10 Å². The van der Waals surface area contributed by atoms with Crippen molar-refractivity contribution in [3.05, 3.63) is 11.4 Å². The fourth-order valence-corrected chi connectivity index (χ4v) is 1.77. The Morgan fingerprint density at radius 2 is 2.18 bits per heavy atom. The third-order valence-corrected chi connectivity index (χ3v) is 2.66. The highest BCUT2D eigenvalue weighted by Crippen LogP contribution is 2.30. The molecule has 0 spiro atoms. The molecule has 0 atom stereocenters. The van der Waals surface area contributed by atoms with Gasteiger partial charge in [0.25, 0.3) is 0 Å². The molecule has 0 fully saturated rings. The zero-order valence-electron chi connectivity index (χ0n) is 8.86. The number of nitrogens with zero attached hydrogens (tertiary/aromatic N) is 3. The average Bonchev–Trinajstić information content (AvgIpc) is 2.58. The van der Waals surface area contributed by atoms with Crippen molar-refractivity contribution in [3.8, 4) is 0 Å². The Labute approximate surface area is 99.0 Å². The van der Waals surface area contributed by atoms with Gasteiger partial charge in [-0.05, 0) is 18.2 Å². The Morgan fingerprint density at radius 3 is 2.65 bits per heavy atom. The molecule has 5 nitrogen and oxygen atoms in total. The molecule has 1 rings (SSSR count). The largest absolute Gasteiger partial charge is 0.476 e. The lowest BCUT2D eigenvalue weighted by atomic mass is 10.2. The number of carbonyl (C=O) groups is 1. The molecule has 0 saturated carbocycles. The van der Waals surface area contributed by atoms with E-state index in [1.807, 2.05) is 0 Å². The molecule has 1 aromatic heterocycles. The summed E-state index contributed by atoms with van der Waals surface area (Å²) in [5.41, 5.74) is -4.16. The van der Waals surface area contributed by atoms with Gasteiger partial charge in [0.05, 0.1) is 12.2 Å². The summed E-state index contributed by atoms with van der Waals surface area (Å²) in [5, 5.41) is 15.7. The van der Waals surface area contributed by atoms with E-state index in [1.54, 1.807) is 6.92 Å². The molecule has 0 unspecified atom stereocenters. The molecular formula is C8H10F3N3O2S. The van der Waals surface area contributed by atoms with E-state index in [0.29, 0.717) is 12.1 Å². The summed E-state index contributed by atoms with van der Waals surface area (Å²) in [4.78, 5) is 10.7. The number of thioether (sulfide) groups is 1. The maximum Gasteiger partial charge on any atom is 0.441 e. The van der Waals surface area contributed by atoms with Gasteiger partial charge in [0.15, 0.2) is 5.69 Å². The molecule has 0 aromatic carbocycles. The summed E-state index contributed by atoms with van der Waals surface area (Å²) in [6.45, 7) is 1.67. The number of aromatic carboxylic acids is 1. The van der Waals surface area contributed by atoms with Crippen LogP contribution in [0.15, 0.2) is 0 Å². The zero-order chi connectivity index (χ0) is 13.1. The Kier molecular flexibility index (Phi) is 4.38. The SMILES string of the molecule is CCc1c(C(=O)O)nnn1CCSC(F)(F)F. The second-order valence-electron chi connectivity index (χ2n) is 3.06. The van der Waals surface area contributed by atoms with Crippen LogP contribution >= 0.6 is 11.8 Å². The predicted molar refractivity (Wildman–Crippen MR) is 54.9 cm³/mol. The molecule has 96 valence electrons. The Balaban J connectivity index is 2.69. The van der Waals surface area contributed by atoms with Crippen LogP contribution in [0, 0.1) is 0 Å². The number of carboxylic acids is 1. The number of alkyl halides is 3. The fraction of sp³-hybridized carbons (Fsp3) is 0.625. The summed E-state index contributed by atoms with van der Waals surface area (Å²) in [6, 6.07) is 0. The first-order chi connectivity index (χ1) is 7.85. The van der Waals surface area contributed by atoms with Crippen LogP contribution in [0.2, 0.25) is 0 Å². The molecule has 1 N–H and O–H groups in total. The van der Waals surface area contributed by atoms with Gasteiger partial charge in [0.1, 0.15) is 0 Å². The first-order valence-electron chi connectivity index (χ1n) is 4.71. The van der Waals surface area contributed by atoms with Crippen molar-refractivity contribution in [1.82, 2.24) is 15.0 Å². The van der Waals surface area contributed by atoms with Crippen LogP contribution in [0.3, 0.4) is 0 Å². The molecule has 0 aliphatic carbocycles. The van der Waals surface area contributed by atoms with E-state index >= 15 is 0 Å². The number of carboxylic acid groups (broad SMARTS) is 1. The summed E-state index contributed by atoms with van der Waals surface area (Å²) in [5.74, 6) is -1.45. The molecule has 0 aliphatic heterocycles. The third-order valence-electron chi connectivity index (χ3n) is 1.94. The quantitative estimate of drug-likeness (QED) is 0.882. The van der Waals surface area contributed by atoms with E-state index in [4.69, 9.17) is 5.11 Å². The smallest absolute Gasteiger partial charge is 0.441 e. The maximum atomic E-state index is 11.9. The molecule has 17 heavy (non-hydrogen) atoms. The molecule has 0 bridgehead atoms. The second kappa shape index (κ2) is 5.39.